The van der Waals surface area contributed by atoms with Crippen molar-refractivity contribution < 1.29 is 4.57 Å². The molecule has 0 saturated heterocycles. The highest BCUT2D eigenvalue weighted by Gasteiger charge is 2.22. The summed E-state index contributed by atoms with van der Waals surface area (Å²) < 4.78 is 2.09. The molecule has 0 saturated carbocycles. The van der Waals surface area contributed by atoms with Crippen LogP contribution < -0.4 is 4.57 Å². The predicted octanol–water partition coefficient (Wildman–Crippen LogP) is 5.75. The summed E-state index contributed by atoms with van der Waals surface area (Å²) in [5, 5.41) is 7.82. The van der Waals surface area contributed by atoms with Crippen LogP contribution in [0.25, 0.3) is 16.8 Å². The van der Waals surface area contributed by atoms with Gasteiger partial charge in [-0.3, -0.25) is 0 Å². The summed E-state index contributed by atoms with van der Waals surface area (Å²) in [4.78, 5) is 0. The van der Waals surface area contributed by atoms with Crippen molar-refractivity contribution in [1.29, 1.82) is 0 Å². The van der Waals surface area contributed by atoms with E-state index in [-0.39, 0.29) is 0 Å². The third-order valence-corrected chi connectivity index (χ3v) is 5.28. The van der Waals surface area contributed by atoms with Crippen LogP contribution in [0.1, 0.15) is 25.3 Å². The Hall–Kier alpha value is -2.36. The molecule has 0 fully saturated rings. The van der Waals surface area contributed by atoms with Gasteiger partial charge in [0.25, 0.3) is 0 Å². The monoisotopic (exact) mass is 396 g/mol. The van der Waals surface area contributed by atoms with Gasteiger partial charge in [-0.25, -0.2) is 9.58 Å². The topological polar surface area (TPSA) is 19.5 Å². The largest absolute Gasteiger partial charge is 0.241 e. The fourth-order valence-corrected chi connectivity index (χ4v) is 4.06. The Kier molecular flexibility index (Phi) is 4.90. The van der Waals surface area contributed by atoms with Crippen molar-refractivity contribution >= 4 is 35.0 Å². The number of aryl methyl sites for hydroxylation is 1. The maximum atomic E-state index is 6.26. The first kappa shape index (κ1) is 18.0. The molecule has 0 radical (unpaired) electrons. The molecule has 136 valence electrons. The Labute approximate surface area is 169 Å². The zero-order chi connectivity index (χ0) is 19.0. The summed E-state index contributed by atoms with van der Waals surface area (Å²) in [5.74, 6) is 0. The van der Waals surface area contributed by atoms with Crippen molar-refractivity contribution in [3.05, 3.63) is 81.8 Å². The van der Waals surface area contributed by atoms with Crippen molar-refractivity contribution in [2.75, 3.05) is 0 Å². The fourth-order valence-electron chi connectivity index (χ4n) is 3.53. The summed E-state index contributed by atoms with van der Waals surface area (Å²) in [6.45, 7) is 2.17. The molecule has 1 aromatic carbocycles. The normalized spacial score (nSPS) is 16.3. The van der Waals surface area contributed by atoms with E-state index < -0.39 is 0 Å². The first-order valence-corrected chi connectivity index (χ1v) is 9.65. The number of allylic oxidation sites excluding steroid dienone is 4. The molecule has 0 amide bonds. The second kappa shape index (κ2) is 7.34. The van der Waals surface area contributed by atoms with Crippen LogP contribution in [0.4, 0.5) is 0 Å². The van der Waals surface area contributed by atoms with Crippen molar-refractivity contribution in [1.82, 2.24) is 5.01 Å². The second-order valence-corrected chi connectivity index (χ2v) is 7.68. The maximum absolute atomic E-state index is 6.26. The highest BCUT2D eigenvalue weighted by Crippen LogP contribution is 2.34. The van der Waals surface area contributed by atoms with Crippen molar-refractivity contribution in [3.8, 4) is 11.3 Å². The molecule has 1 aromatic heterocycles. The maximum Gasteiger partial charge on any atom is 0.220 e. The lowest BCUT2D eigenvalue weighted by Gasteiger charge is -2.22. The lowest BCUT2D eigenvalue weighted by Crippen LogP contribution is -2.31. The zero-order valence-corrected chi connectivity index (χ0v) is 16.8. The first-order valence-electron chi connectivity index (χ1n) is 8.90. The molecule has 0 N–H and O–H groups in total. The third-order valence-electron chi connectivity index (χ3n) is 4.85. The average molecular weight is 397 g/mol. The molecule has 0 unspecified atom stereocenters. The standard InChI is InChI=1S/C22H20Cl2N3/c1-15-5-3-9-25-27-14-16(7-8-21(15)27)20-6-4-10-26(2)22(20)17-11-18(23)13-19(24)12-17/h4,6-14H,3,5H2,1-2H3/q+1. The van der Waals surface area contributed by atoms with E-state index in [0.29, 0.717) is 10.0 Å². The quantitative estimate of drug-likeness (QED) is 0.591. The summed E-state index contributed by atoms with van der Waals surface area (Å²) in [5.41, 5.74) is 6.73. The molecule has 2 aliphatic heterocycles. The SMILES string of the molecule is CC1=C2C=CC(c3ccc[n+](C)c3-c3cc(Cl)cc(Cl)c3)=CN2N=CCC1. The highest BCUT2D eigenvalue weighted by molar-refractivity contribution is 6.35. The summed E-state index contributed by atoms with van der Waals surface area (Å²) in [7, 11) is 2.03. The van der Waals surface area contributed by atoms with Gasteiger partial charge in [0.1, 0.15) is 7.05 Å². The van der Waals surface area contributed by atoms with E-state index in [1.807, 2.05) is 42.7 Å². The van der Waals surface area contributed by atoms with Crippen LogP contribution in [-0.2, 0) is 7.05 Å². The Morgan fingerprint density at radius 2 is 1.89 bits per heavy atom. The average Bonchev–Trinajstić information content (AvgIpc) is 2.82. The smallest absolute Gasteiger partial charge is 0.220 e. The molecule has 0 aliphatic carbocycles. The van der Waals surface area contributed by atoms with Gasteiger partial charge in [0.15, 0.2) is 6.20 Å². The predicted molar refractivity (Wildman–Crippen MR) is 112 cm³/mol. The molecular weight excluding hydrogens is 377 g/mol. The van der Waals surface area contributed by atoms with Crippen LogP contribution in [0.3, 0.4) is 0 Å². The number of aromatic nitrogens is 1. The Morgan fingerprint density at radius 3 is 2.67 bits per heavy atom. The number of nitrogens with zero attached hydrogens (tertiary/aromatic N) is 3. The van der Waals surface area contributed by atoms with E-state index in [0.717, 1.165) is 40.9 Å². The van der Waals surface area contributed by atoms with Gasteiger partial charge in [-0.15, -0.1) is 0 Å². The van der Waals surface area contributed by atoms with Gasteiger partial charge in [0, 0.05) is 39.7 Å². The van der Waals surface area contributed by atoms with Crippen molar-refractivity contribution in [2.24, 2.45) is 12.1 Å². The van der Waals surface area contributed by atoms with Crippen LogP contribution in [0.2, 0.25) is 10.0 Å². The Balaban J connectivity index is 1.86. The second-order valence-electron chi connectivity index (χ2n) is 6.80. The van der Waals surface area contributed by atoms with E-state index in [9.17, 15) is 0 Å². The molecular formula is C22H20Cl2N3+. The van der Waals surface area contributed by atoms with E-state index in [2.05, 4.69) is 41.0 Å². The van der Waals surface area contributed by atoms with Crippen LogP contribution in [-0.4, -0.2) is 11.2 Å². The minimum absolute atomic E-state index is 0.624. The van der Waals surface area contributed by atoms with Gasteiger partial charge in [-0.05, 0) is 55.7 Å². The van der Waals surface area contributed by atoms with Gasteiger partial charge in [0.2, 0.25) is 5.69 Å². The van der Waals surface area contributed by atoms with Gasteiger partial charge in [-0.2, -0.15) is 5.10 Å². The highest BCUT2D eigenvalue weighted by atomic mass is 35.5. The molecule has 0 bridgehead atoms. The third kappa shape index (κ3) is 3.58. The van der Waals surface area contributed by atoms with Gasteiger partial charge in [0.05, 0.1) is 11.3 Å². The number of pyridine rings is 1. The molecule has 2 aromatic rings. The number of hydrogen-bond donors (Lipinski definition) is 0. The molecule has 4 rings (SSSR count). The molecule has 3 nitrogen and oxygen atoms in total. The van der Waals surface area contributed by atoms with Crippen LogP contribution >= 0.6 is 23.2 Å². The molecule has 3 heterocycles. The number of rotatable bonds is 2. The van der Waals surface area contributed by atoms with Crippen molar-refractivity contribution in [3.63, 3.8) is 0 Å². The van der Waals surface area contributed by atoms with Crippen LogP contribution in [0, 0.1) is 0 Å². The van der Waals surface area contributed by atoms with E-state index >= 15 is 0 Å². The first-order chi connectivity index (χ1) is 13.0. The molecule has 5 heteroatoms. The lowest BCUT2D eigenvalue weighted by molar-refractivity contribution is -0.660. The number of halogens is 2. The Morgan fingerprint density at radius 1 is 1.11 bits per heavy atom. The van der Waals surface area contributed by atoms with Crippen LogP contribution in [0.5, 0.6) is 0 Å². The van der Waals surface area contributed by atoms with Crippen molar-refractivity contribution in [2.45, 2.75) is 19.8 Å². The molecule has 27 heavy (non-hydrogen) atoms. The molecule has 0 spiro atoms. The van der Waals surface area contributed by atoms with Gasteiger partial charge in [-0.1, -0.05) is 29.3 Å². The van der Waals surface area contributed by atoms with Gasteiger partial charge >= 0.3 is 0 Å². The van der Waals surface area contributed by atoms with E-state index in [1.54, 1.807) is 6.07 Å². The fraction of sp³-hybridized carbons (Fsp3) is 0.182. The number of benzene rings is 1. The molecule has 0 atom stereocenters. The summed E-state index contributed by atoms with van der Waals surface area (Å²) in [6, 6.07) is 9.80. The van der Waals surface area contributed by atoms with E-state index in [1.165, 1.54) is 5.57 Å². The van der Waals surface area contributed by atoms with Gasteiger partial charge < -0.3 is 0 Å². The summed E-state index contributed by atoms with van der Waals surface area (Å²) in [6.07, 6.45) is 12.4. The minimum atomic E-state index is 0.624. The van der Waals surface area contributed by atoms with E-state index in [4.69, 9.17) is 23.2 Å². The lowest BCUT2D eigenvalue weighted by atomic mass is 9.97. The number of hydrogen-bond acceptors (Lipinski definition) is 2. The van der Waals surface area contributed by atoms with Crippen LogP contribution in [0.15, 0.2) is 71.3 Å². The minimum Gasteiger partial charge on any atom is -0.241 e. The Bertz CT molecular complexity index is 1010. The number of fused-ring (bicyclic) bond motifs is 1. The zero-order valence-electron chi connectivity index (χ0n) is 15.3. The molecule has 2 aliphatic rings. The summed E-state index contributed by atoms with van der Waals surface area (Å²) >= 11 is 12.5. The number of hydrazone groups is 1.